The lowest BCUT2D eigenvalue weighted by Crippen LogP contribution is -2.74. The maximum absolute atomic E-state index is 14.3. The standard InChI is InChI=1S/C33H48N2O4/c1-9-35-27(38)32-15-13-28(3,4)19-24(32)33(39)25(36)18-23-21(2)17-22(20-34)26(37)29(5,6)11-10-12-30(23,7)31(33,8)14-16-32/h17-18,21,24,39H,9-16,19H2,1-8H3,(H,35,38). The molecule has 2 N–H and O–H groups in total. The van der Waals surface area contributed by atoms with Gasteiger partial charge in [0.15, 0.2) is 11.6 Å². The average molecular weight is 537 g/mol. The first-order chi connectivity index (χ1) is 18.0. The van der Waals surface area contributed by atoms with Crippen LogP contribution in [0.5, 0.6) is 0 Å². The monoisotopic (exact) mass is 536 g/mol. The van der Waals surface area contributed by atoms with Crippen molar-refractivity contribution in [2.24, 2.45) is 38.9 Å². The van der Waals surface area contributed by atoms with Crippen LogP contribution >= 0.6 is 0 Å². The van der Waals surface area contributed by atoms with Gasteiger partial charge in [0, 0.05) is 23.3 Å². The number of allylic oxidation sites excluding steroid dienone is 3. The van der Waals surface area contributed by atoms with Crippen LogP contribution in [0.3, 0.4) is 0 Å². The molecule has 1 amide bonds. The fourth-order valence-corrected chi connectivity index (χ4v) is 8.99. The number of ketones is 2. The smallest absolute Gasteiger partial charge is 0.226 e. The van der Waals surface area contributed by atoms with Crippen LogP contribution in [0, 0.1) is 50.2 Å². The molecule has 6 unspecified atom stereocenters. The Bertz CT molecular complexity index is 1190. The van der Waals surface area contributed by atoms with Gasteiger partial charge in [-0.05, 0) is 74.7 Å². The number of aliphatic hydroxyl groups is 1. The summed E-state index contributed by atoms with van der Waals surface area (Å²) in [5.41, 5.74) is -3.57. The third kappa shape index (κ3) is 4.09. The predicted molar refractivity (Wildman–Crippen MR) is 151 cm³/mol. The summed E-state index contributed by atoms with van der Waals surface area (Å²) >= 11 is 0. The lowest BCUT2D eigenvalue weighted by atomic mass is 9.36. The molecule has 0 aromatic rings. The molecule has 0 spiro atoms. The van der Waals surface area contributed by atoms with E-state index < -0.39 is 33.2 Å². The molecule has 6 heteroatoms. The summed E-state index contributed by atoms with van der Waals surface area (Å²) in [6, 6.07) is 2.13. The number of carbonyl (C=O) groups excluding carboxylic acids is 3. The molecule has 0 saturated heterocycles. The minimum absolute atomic E-state index is 0.0325. The van der Waals surface area contributed by atoms with Crippen molar-refractivity contribution in [2.75, 3.05) is 6.54 Å². The van der Waals surface area contributed by atoms with Crippen molar-refractivity contribution in [3.05, 3.63) is 23.3 Å². The Morgan fingerprint density at radius 2 is 1.69 bits per heavy atom. The highest BCUT2D eigenvalue weighted by molar-refractivity contribution is 6.03. The summed E-state index contributed by atoms with van der Waals surface area (Å²) < 4.78 is 0. The third-order valence-corrected chi connectivity index (χ3v) is 11.8. The number of nitrogens with zero attached hydrogens (tertiary/aromatic N) is 1. The molecule has 2 saturated carbocycles. The molecule has 0 heterocycles. The van der Waals surface area contributed by atoms with Gasteiger partial charge in [-0.3, -0.25) is 14.4 Å². The number of carbonyl (C=O) groups is 3. The molecule has 0 aromatic heterocycles. The fraction of sp³-hybridized carbons (Fsp3) is 0.758. The van der Waals surface area contributed by atoms with Crippen molar-refractivity contribution in [1.29, 1.82) is 5.26 Å². The Kier molecular flexibility index (Phi) is 7.16. The molecule has 214 valence electrons. The average Bonchev–Trinajstić information content (AvgIpc) is 2.86. The Morgan fingerprint density at radius 1 is 1.05 bits per heavy atom. The minimum Gasteiger partial charge on any atom is -0.381 e. The van der Waals surface area contributed by atoms with E-state index in [1.54, 1.807) is 12.2 Å². The minimum atomic E-state index is -1.69. The van der Waals surface area contributed by atoms with Gasteiger partial charge in [0.05, 0.1) is 11.0 Å². The molecule has 4 aliphatic carbocycles. The Hall–Kier alpha value is -2.26. The number of hydrogen-bond acceptors (Lipinski definition) is 5. The molecule has 0 bridgehead atoms. The molecule has 4 aliphatic rings. The summed E-state index contributed by atoms with van der Waals surface area (Å²) in [5.74, 6) is -1.31. The topological polar surface area (TPSA) is 107 Å². The summed E-state index contributed by atoms with van der Waals surface area (Å²) in [4.78, 5) is 41.3. The number of nitriles is 1. The summed E-state index contributed by atoms with van der Waals surface area (Å²) in [6.07, 6.45) is 8.75. The van der Waals surface area contributed by atoms with Gasteiger partial charge >= 0.3 is 0 Å². The molecule has 39 heavy (non-hydrogen) atoms. The second kappa shape index (κ2) is 9.40. The predicted octanol–water partition coefficient (Wildman–Crippen LogP) is 5.85. The molecule has 6 atom stereocenters. The maximum atomic E-state index is 14.3. The van der Waals surface area contributed by atoms with Crippen LogP contribution < -0.4 is 5.32 Å². The van der Waals surface area contributed by atoms with E-state index in [0.717, 1.165) is 18.4 Å². The van der Waals surface area contributed by atoms with Gasteiger partial charge in [-0.25, -0.2) is 0 Å². The van der Waals surface area contributed by atoms with E-state index in [0.29, 0.717) is 45.1 Å². The van der Waals surface area contributed by atoms with E-state index in [9.17, 15) is 24.8 Å². The van der Waals surface area contributed by atoms with Crippen molar-refractivity contribution in [3.8, 4) is 6.07 Å². The Balaban J connectivity index is 1.95. The number of hydrogen-bond donors (Lipinski definition) is 2. The zero-order chi connectivity index (χ0) is 29.2. The Labute approximate surface area is 234 Å². The highest BCUT2D eigenvalue weighted by atomic mass is 16.3. The zero-order valence-corrected chi connectivity index (χ0v) is 25.3. The molecule has 0 aliphatic heterocycles. The SMILES string of the molecule is CCNC(=O)C12CCC(C)(C)CC1C1(O)C(=O)C=C3C(C)C=C(C#N)C(=O)C(C)(C)CCCC3(C)C1(C)CC2. The van der Waals surface area contributed by atoms with Crippen LogP contribution in [0.15, 0.2) is 23.3 Å². The normalized spacial score (nSPS) is 41.5. The van der Waals surface area contributed by atoms with Gasteiger partial charge < -0.3 is 10.4 Å². The highest BCUT2D eigenvalue weighted by Gasteiger charge is 2.74. The van der Waals surface area contributed by atoms with E-state index in [4.69, 9.17) is 0 Å². The van der Waals surface area contributed by atoms with Gasteiger partial charge in [0.1, 0.15) is 11.7 Å². The summed E-state index contributed by atoms with van der Waals surface area (Å²) in [6.45, 7) is 16.8. The van der Waals surface area contributed by atoms with Crippen LogP contribution in [-0.4, -0.2) is 34.7 Å². The molecular formula is C33H48N2O4. The highest BCUT2D eigenvalue weighted by Crippen LogP contribution is 2.71. The maximum Gasteiger partial charge on any atom is 0.226 e. The van der Waals surface area contributed by atoms with Crippen LogP contribution in [0.25, 0.3) is 0 Å². The van der Waals surface area contributed by atoms with Crippen molar-refractivity contribution in [2.45, 2.75) is 112 Å². The van der Waals surface area contributed by atoms with Gasteiger partial charge in [0.2, 0.25) is 5.91 Å². The van der Waals surface area contributed by atoms with E-state index in [1.165, 1.54) is 0 Å². The number of Topliss-reactive ketones (excluding diaryl/α,β-unsaturated/α-hetero) is 1. The van der Waals surface area contributed by atoms with E-state index >= 15 is 0 Å². The van der Waals surface area contributed by atoms with Gasteiger partial charge in [-0.15, -0.1) is 0 Å². The quantitative estimate of drug-likeness (QED) is 0.461. The molecule has 2 fully saturated rings. The lowest BCUT2D eigenvalue weighted by Gasteiger charge is -2.68. The molecule has 0 radical (unpaired) electrons. The first-order valence-electron chi connectivity index (χ1n) is 14.9. The van der Waals surface area contributed by atoms with Crippen LogP contribution in [0.4, 0.5) is 0 Å². The number of amides is 1. The van der Waals surface area contributed by atoms with Crippen molar-refractivity contribution < 1.29 is 19.5 Å². The van der Waals surface area contributed by atoms with Gasteiger partial charge in [-0.1, -0.05) is 66.5 Å². The first-order valence-corrected chi connectivity index (χ1v) is 14.9. The summed E-state index contributed by atoms with van der Waals surface area (Å²) in [5, 5.41) is 25.9. The van der Waals surface area contributed by atoms with Gasteiger partial charge in [-0.2, -0.15) is 5.26 Å². The fourth-order valence-electron chi connectivity index (χ4n) is 8.99. The number of fused-ring (bicyclic) bond motifs is 5. The van der Waals surface area contributed by atoms with E-state index in [2.05, 4.69) is 39.1 Å². The number of rotatable bonds is 2. The second-order valence-electron chi connectivity index (χ2n) is 14.9. The third-order valence-electron chi connectivity index (χ3n) is 11.8. The zero-order valence-electron chi connectivity index (χ0n) is 25.3. The lowest BCUT2D eigenvalue weighted by molar-refractivity contribution is -0.238. The van der Waals surface area contributed by atoms with Crippen LogP contribution in [0.2, 0.25) is 0 Å². The van der Waals surface area contributed by atoms with Crippen molar-refractivity contribution in [1.82, 2.24) is 5.32 Å². The largest absolute Gasteiger partial charge is 0.381 e. The molecule has 4 rings (SSSR count). The van der Waals surface area contributed by atoms with Gasteiger partial charge in [0.25, 0.3) is 0 Å². The van der Waals surface area contributed by atoms with E-state index in [1.807, 2.05) is 27.7 Å². The van der Waals surface area contributed by atoms with E-state index in [-0.39, 0.29) is 34.4 Å². The number of nitrogens with one attached hydrogen (secondary N) is 1. The molecular weight excluding hydrogens is 488 g/mol. The van der Waals surface area contributed by atoms with Crippen molar-refractivity contribution in [3.63, 3.8) is 0 Å². The Morgan fingerprint density at radius 3 is 2.31 bits per heavy atom. The first kappa shape index (κ1) is 29.7. The second-order valence-corrected chi connectivity index (χ2v) is 14.9. The molecule has 6 nitrogen and oxygen atoms in total. The van der Waals surface area contributed by atoms with Crippen LogP contribution in [-0.2, 0) is 14.4 Å². The summed E-state index contributed by atoms with van der Waals surface area (Å²) in [7, 11) is 0. The molecule has 0 aromatic carbocycles. The van der Waals surface area contributed by atoms with Crippen LogP contribution in [0.1, 0.15) is 107 Å². The van der Waals surface area contributed by atoms with Crippen molar-refractivity contribution >= 4 is 17.5 Å².